The summed E-state index contributed by atoms with van der Waals surface area (Å²) in [5.74, 6) is -0.245. The van der Waals surface area contributed by atoms with Crippen LogP contribution in [0.2, 0.25) is 0 Å². The van der Waals surface area contributed by atoms with Crippen molar-refractivity contribution in [1.82, 2.24) is 25.2 Å². The van der Waals surface area contributed by atoms with E-state index in [0.717, 1.165) is 11.3 Å². The lowest BCUT2D eigenvalue weighted by Gasteiger charge is -2.08. The number of amides is 1. The Hall–Kier alpha value is -3.09. The van der Waals surface area contributed by atoms with Gasteiger partial charge in [0, 0.05) is 11.9 Å². The lowest BCUT2D eigenvalue weighted by Crippen LogP contribution is -2.13. The molecule has 0 unspecified atom stereocenters. The number of hydrogen-bond acceptors (Lipinski definition) is 5. The fraction of sp³-hybridized carbons (Fsp3) is 0.0714. The van der Waals surface area contributed by atoms with Gasteiger partial charge in [0.2, 0.25) is 0 Å². The molecule has 0 aliphatic carbocycles. The first-order valence-corrected chi connectivity index (χ1v) is 6.30. The Labute approximate surface area is 120 Å². The molecule has 0 bridgehead atoms. The third kappa shape index (κ3) is 2.76. The SMILES string of the molecule is Cc1cc(NC(=O)c2ccccn2)ccc1-n1cnnn1. The van der Waals surface area contributed by atoms with Crippen LogP contribution in [0.4, 0.5) is 5.69 Å². The van der Waals surface area contributed by atoms with Crippen molar-refractivity contribution in [2.75, 3.05) is 5.32 Å². The van der Waals surface area contributed by atoms with Crippen molar-refractivity contribution in [3.8, 4) is 5.69 Å². The normalized spacial score (nSPS) is 10.3. The molecule has 7 nitrogen and oxygen atoms in total. The molecule has 0 spiro atoms. The van der Waals surface area contributed by atoms with E-state index in [1.54, 1.807) is 35.1 Å². The summed E-state index contributed by atoms with van der Waals surface area (Å²) in [6.07, 6.45) is 3.11. The van der Waals surface area contributed by atoms with Gasteiger partial charge in [0.15, 0.2) is 0 Å². The molecule has 0 aliphatic rings. The molecular weight excluding hydrogens is 268 g/mol. The predicted octanol–water partition coefficient (Wildman–Crippen LogP) is 1.62. The number of carbonyl (C=O) groups excluding carboxylic acids is 1. The lowest BCUT2D eigenvalue weighted by molar-refractivity contribution is 0.102. The highest BCUT2D eigenvalue weighted by molar-refractivity contribution is 6.02. The molecular formula is C14H12N6O. The molecule has 0 radical (unpaired) electrons. The third-order valence-electron chi connectivity index (χ3n) is 2.95. The van der Waals surface area contributed by atoms with Crippen LogP contribution in [0.5, 0.6) is 0 Å². The first-order chi connectivity index (χ1) is 10.2. The van der Waals surface area contributed by atoms with Crippen LogP contribution in [0.1, 0.15) is 16.1 Å². The van der Waals surface area contributed by atoms with Gasteiger partial charge in [-0.2, -0.15) is 0 Å². The largest absolute Gasteiger partial charge is 0.321 e. The molecule has 0 saturated carbocycles. The zero-order valence-electron chi connectivity index (χ0n) is 11.3. The number of aryl methyl sites for hydroxylation is 1. The van der Waals surface area contributed by atoms with Gasteiger partial charge in [-0.3, -0.25) is 9.78 Å². The van der Waals surface area contributed by atoms with E-state index in [0.29, 0.717) is 11.4 Å². The predicted molar refractivity (Wildman–Crippen MR) is 76.1 cm³/mol. The van der Waals surface area contributed by atoms with Crippen LogP contribution in [-0.2, 0) is 0 Å². The van der Waals surface area contributed by atoms with Gasteiger partial charge in [-0.1, -0.05) is 6.07 Å². The number of aromatic nitrogens is 5. The molecule has 3 aromatic rings. The Bertz CT molecular complexity index is 754. The van der Waals surface area contributed by atoms with Gasteiger partial charge in [-0.15, -0.1) is 5.10 Å². The monoisotopic (exact) mass is 280 g/mol. The molecule has 104 valence electrons. The number of nitrogens with zero attached hydrogens (tertiary/aromatic N) is 5. The second-order valence-electron chi connectivity index (χ2n) is 4.42. The van der Waals surface area contributed by atoms with Crippen molar-refractivity contribution in [3.05, 3.63) is 60.2 Å². The van der Waals surface area contributed by atoms with Gasteiger partial charge in [0.25, 0.3) is 5.91 Å². The summed E-state index contributed by atoms with van der Waals surface area (Å²) < 4.78 is 1.57. The van der Waals surface area contributed by atoms with E-state index >= 15 is 0 Å². The summed E-state index contributed by atoms with van der Waals surface area (Å²) in [5, 5.41) is 13.9. The molecule has 0 saturated heterocycles. The summed E-state index contributed by atoms with van der Waals surface area (Å²) in [6.45, 7) is 1.92. The maximum absolute atomic E-state index is 12.0. The Kier molecular flexibility index (Phi) is 3.38. The number of carbonyl (C=O) groups is 1. The number of hydrogen-bond donors (Lipinski definition) is 1. The molecule has 0 aliphatic heterocycles. The average Bonchev–Trinajstić information content (AvgIpc) is 3.02. The van der Waals surface area contributed by atoms with Gasteiger partial charge >= 0.3 is 0 Å². The first-order valence-electron chi connectivity index (χ1n) is 6.30. The number of rotatable bonds is 3. The van der Waals surface area contributed by atoms with E-state index < -0.39 is 0 Å². The molecule has 1 amide bonds. The van der Waals surface area contributed by atoms with Crippen LogP contribution in [0, 0.1) is 6.92 Å². The second kappa shape index (κ2) is 5.49. The van der Waals surface area contributed by atoms with E-state index in [9.17, 15) is 4.79 Å². The van der Waals surface area contributed by atoms with Crippen LogP contribution < -0.4 is 5.32 Å². The van der Waals surface area contributed by atoms with Crippen LogP contribution in [0.15, 0.2) is 48.9 Å². The highest BCUT2D eigenvalue weighted by Crippen LogP contribution is 2.18. The van der Waals surface area contributed by atoms with Crippen LogP contribution >= 0.6 is 0 Å². The maximum atomic E-state index is 12.0. The minimum absolute atomic E-state index is 0.245. The molecule has 0 atom stereocenters. The number of nitrogens with one attached hydrogen (secondary N) is 1. The summed E-state index contributed by atoms with van der Waals surface area (Å²) in [5.41, 5.74) is 2.87. The van der Waals surface area contributed by atoms with Crippen molar-refractivity contribution >= 4 is 11.6 Å². The standard InChI is InChI=1S/C14H12N6O/c1-10-8-11(5-6-13(10)20-9-16-18-19-20)17-14(21)12-4-2-3-7-15-12/h2-9H,1H3,(H,17,21). The van der Waals surface area contributed by atoms with E-state index in [1.165, 1.54) is 6.33 Å². The van der Waals surface area contributed by atoms with Crippen molar-refractivity contribution < 1.29 is 4.79 Å². The van der Waals surface area contributed by atoms with Gasteiger partial charge < -0.3 is 5.32 Å². The molecule has 21 heavy (non-hydrogen) atoms. The minimum Gasteiger partial charge on any atom is -0.321 e. The van der Waals surface area contributed by atoms with Crippen LogP contribution in [0.25, 0.3) is 5.69 Å². The third-order valence-corrected chi connectivity index (χ3v) is 2.95. The van der Waals surface area contributed by atoms with E-state index in [4.69, 9.17) is 0 Å². The minimum atomic E-state index is -0.245. The number of anilines is 1. The van der Waals surface area contributed by atoms with Crippen LogP contribution in [-0.4, -0.2) is 31.1 Å². The average molecular weight is 280 g/mol. The number of tetrazole rings is 1. The smallest absolute Gasteiger partial charge is 0.274 e. The molecule has 7 heteroatoms. The highest BCUT2D eigenvalue weighted by Gasteiger charge is 2.08. The Morgan fingerprint density at radius 1 is 1.24 bits per heavy atom. The van der Waals surface area contributed by atoms with E-state index in [1.807, 2.05) is 19.1 Å². The summed E-state index contributed by atoms with van der Waals surface area (Å²) >= 11 is 0. The van der Waals surface area contributed by atoms with E-state index in [-0.39, 0.29) is 5.91 Å². The van der Waals surface area contributed by atoms with Crippen molar-refractivity contribution in [2.24, 2.45) is 0 Å². The summed E-state index contributed by atoms with van der Waals surface area (Å²) in [4.78, 5) is 16.0. The molecule has 2 heterocycles. The first kappa shape index (κ1) is 12.9. The van der Waals surface area contributed by atoms with Gasteiger partial charge in [-0.25, -0.2) is 4.68 Å². The molecule has 0 fully saturated rings. The van der Waals surface area contributed by atoms with Crippen molar-refractivity contribution in [1.29, 1.82) is 0 Å². The number of benzene rings is 1. The van der Waals surface area contributed by atoms with Gasteiger partial charge in [0.1, 0.15) is 12.0 Å². The highest BCUT2D eigenvalue weighted by atomic mass is 16.1. The zero-order valence-corrected chi connectivity index (χ0v) is 11.3. The fourth-order valence-corrected chi connectivity index (χ4v) is 1.95. The van der Waals surface area contributed by atoms with E-state index in [2.05, 4.69) is 25.8 Å². The molecule has 3 rings (SSSR count). The lowest BCUT2D eigenvalue weighted by atomic mass is 10.1. The summed E-state index contributed by atoms with van der Waals surface area (Å²) in [7, 11) is 0. The zero-order chi connectivity index (χ0) is 14.7. The Morgan fingerprint density at radius 3 is 2.81 bits per heavy atom. The Balaban J connectivity index is 1.81. The molecule has 1 N–H and O–H groups in total. The number of pyridine rings is 1. The maximum Gasteiger partial charge on any atom is 0.274 e. The quantitative estimate of drug-likeness (QED) is 0.788. The Morgan fingerprint density at radius 2 is 2.14 bits per heavy atom. The van der Waals surface area contributed by atoms with Gasteiger partial charge in [-0.05, 0) is 53.2 Å². The molecule has 1 aromatic carbocycles. The van der Waals surface area contributed by atoms with Gasteiger partial charge in [0.05, 0.1) is 5.69 Å². The van der Waals surface area contributed by atoms with Crippen molar-refractivity contribution in [3.63, 3.8) is 0 Å². The van der Waals surface area contributed by atoms with Crippen LogP contribution in [0.3, 0.4) is 0 Å². The topological polar surface area (TPSA) is 85.6 Å². The second-order valence-corrected chi connectivity index (χ2v) is 4.42. The van der Waals surface area contributed by atoms with Crippen molar-refractivity contribution in [2.45, 2.75) is 6.92 Å². The fourth-order valence-electron chi connectivity index (χ4n) is 1.95. The summed E-state index contributed by atoms with van der Waals surface area (Å²) in [6, 6.07) is 10.7. The molecule has 2 aromatic heterocycles.